The van der Waals surface area contributed by atoms with Crippen LogP contribution in [0.3, 0.4) is 0 Å². The third kappa shape index (κ3) is 47.8. The highest BCUT2D eigenvalue weighted by Crippen LogP contribution is 2.14. The molecular formula is C53H92O4. The molecule has 0 radical (unpaired) electrons. The van der Waals surface area contributed by atoms with Crippen LogP contribution in [0.25, 0.3) is 0 Å². The van der Waals surface area contributed by atoms with E-state index in [4.69, 9.17) is 9.47 Å². The highest BCUT2D eigenvalue weighted by molar-refractivity contribution is 5.69. The minimum atomic E-state index is -0.554. The van der Waals surface area contributed by atoms with Crippen LogP contribution in [0, 0.1) is 0 Å². The molecule has 0 aliphatic heterocycles. The summed E-state index contributed by atoms with van der Waals surface area (Å²) in [5, 5.41) is 9.64. The molecule has 328 valence electrons. The van der Waals surface area contributed by atoms with Crippen LogP contribution in [0.1, 0.15) is 219 Å². The summed E-state index contributed by atoms with van der Waals surface area (Å²) in [6, 6.07) is 0. The minimum absolute atomic E-state index is 0.187. The molecule has 0 bridgehead atoms. The van der Waals surface area contributed by atoms with Gasteiger partial charge in [0.15, 0.2) is 0 Å². The summed E-state index contributed by atoms with van der Waals surface area (Å²) >= 11 is 0. The molecule has 0 aromatic rings. The van der Waals surface area contributed by atoms with Crippen molar-refractivity contribution in [1.82, 2.24) is 0 Å². The van der Waals surface area contributed by atoms with Crippen molar-refractivity contribution >= 4 is 5.97 Å². The molecule has 0 aliphatic carbocycles. The molecule has 0 aliphatic rings. The van der Waals surface area contributed by atoms with Gasteiger partial charge in [0, 0.05) is 13.0 Å². The number of unbranched alkanes of at least 4 members (excludes halogenated alkanes) is 22. The Balaban J connectivity index is 3.50. The van der Waals surface area contributed by atoms with Crippen molar-refractivity contribution < 1.29 is 19.4 Å². The van der Waals surface area contributed by atoms with Crippen molar-refractivity contribution in [3.63, 3.8) is 0 Å². The molecule has 0 amide bonds. The van der Waals surface area contributed by atoms with Crippen LogP contribution in [0.2, 0.25) is 0 Å². The molecule has 0 fully saturated rings. The average molecular weight is 793 g/mol. The van der Waals surface area contributed by atoms with Gasteiger partial charge in [0.2, 0.25) is 0 Å². The molecule has 1 atom stereocenters. The number of rotatable bonds is 44. The number of allylic oxidation sites excluding steroid dienone is 14. The fourth-order valence-corrected chi connectivity index (χ4v) is 6.62. The second-order valence-corrected chi connectivity index (χ2v) is 15.8. The van der Waals surface area contributed by atoms with E-state index in [1.165, 1.54) is 122 Å². The standard InChI is InChI=1S/C53H92O4/c1-3-5-7-9-11-13-15-17-19-21-23-25-27-28-30-32-34-36-38-40-42-44-46-48-53(55)57-52(50-54)51-56-49-47-45-43-41-39-37-35-33-31-29-26-24-22-20-18-16-14-12-10-8-6-4-2/h5,7,11,13,17,19,22-25,28,30,34,36,52,54H,3-4,6,8-10,12,14-16,18,20-21,26-27,29,31-33,35,37-51H2,1-2H3/b7-5-,13-11-,19-17-,24-22-,25-23-,30-28-,36-34-. The summed E-state index contributed by atoms with van der Waals surface area (Å²) in [6.07, 6.45) is 69.5. The van der Waals surface area contributed by atoms with Crippen molar-refractivity contribution in [3.05, 3.63) is 85.1 Å². The van der Waals surface area contributed by atoms with Crippen LogP contribution >= 0.6 is 0 Å². The summed E-state index contributed by atoms with van der Waals surface area (Å²) in [7, 11) is 0. The third-order valence-electron chi connectivity index (χ3n) is 10.2. The number of carbonyl (C=O) groups excluding carboxylic acids is 1. The zero-order valence-electron chi connectivity index (χ0n) is 37.6. The van der Waals surface area contributed by atoms with Crippen molar-refractivity contribution in [1.29, 1.82) is 0 Å². The lowest BCUT2D eigenvalue weighted by Gasteiger charge is -2.15. The van der Waals surface area contributed by atoms with Crippen LogP contribution < -0.4 is 0 Å². The molecule has 4 nitrogen and oxygen atoms in total. The Morgan fingerprint density at radius 1 is 0.439 bits per heavy atom. The first kappa shape index (κ1) is 54.6. The Morgan fingerprint density at radius 3 is 1.21 bits per heavy atom. The Labute approximate surface area is 354 Å². The minimum Gasteiger partial charge on any atom is -0.457 e. The van der Waals surface area contributed by atoms with Gasteiger partial charge in [0.1, 0.15) is 6.10 Å². The predicted octanol–water partition coefficient (Wildman–Crippen LogP) is 16.3. The van der Waals surface area contributed by atoms with E-state index in [0.29, 0.717) is 13.0 Å². The zero-order chi connectivity index (χ0) is 41.2. The number of hydrogen-bond donors (Lipinski definition) is 1. The first-order valence-electron chi connectivity index (χ1n) is 24.2. The van der Waals surface area contributed by atoms with Gasteiger partial charge in [-0.15, -0.1) is 0 Å². The predicted molar refractivity (Wildman–Crippen MR) is 251 cm³/mol. The molecule has 0 spiro atoms. The maximum absolute atomic E-state index is 12.2. The largest absolute Gasteiger partial charge is 0.457 e. The van der Waals surface area contributed by atoms with Gasteiger partial charge in [-0.05, 0) is 89.9 Å². The van der Waals surface area contributed by atoms with Gasteiger partial charge in [-0.1, -0.05) is 208 Å². The first-order chi connectivity index (χ1) is 28.2. The van der Waals surface area contributed by atoms with Crippen LogP contribution in [0.5, 0.6) is 0 Å². The lowest BCUT2D eigenvalue weighted by Crippen LogP contribution is -2.27. The summed E-state index contributed by atoms with van der Waals surface area (Å²) in [5.74, 6) is -0.226. The summed E-state index contributed by atoms with van der Waals surface area (Å²) in [6.45, 7) is 5.21. The smallest absolute Gasteiger partial charge is 0.306 e. The molecule has 57 heavy (non-hydrogen) atoms. The third-order valence-corrected chi connectivity index (χ3v) is 10.2. The number of aliphatic hydroxyl groups is 1. The quantitative estimate of drug-likeness (QED) is 0.0379. The molecule has 4 heteroatoms. The lowest BCUT2D eigenvalue weighted by atomic mass is 10.1. The number of esters is 1. The van der Waals surface area contributed by atoms with E-state index in [0.717, 1.165) is 77.0 Å². The lowest BCUT2D eigenvalue weighted by molar-refractivity contribution is -0.154. The maximum atomic E-state index is 12.2. The molecule has 1 N–H and O–H groups in total. The second-order valence-electron chi connectivity index (χ2n) is 15.8. The van der Waals surface area contributed by atoms with Gasteiger partial charge in [0.05, 0.1) is 13.2 Å². The normalized spacial score (nSPS) is 13.1. The van der Waals surface area contributed by atoms with Gasteiger partial charge >= 0.3 is 5.97 Å². The van der Waals surface area contributed by atoms with Gasteiger partial charge in [-0.25, -0.2) is 0 Å². The number of hydrogen-bond acceptors (Lipinski definition) is 4. The van der Waals surface area contributed by atoms with Crippen LogP contribution in [-0.2, 0) is 14.3 Å². The molecule has 0 rings (SSSR count). The number of ether oxygens (including phenoxy) is 2. The van der Waals surface area contributed by atoms with Crippen molar-refractivity contribution in [3.8, 4) is 0 Å². The Kier molecular flexibility index (Phi) is 47.6. The summed E-state index contributed by atoms with van der Waals surface area (Å²) < 4.78 is 11.2. The molecule has 1 unspecified atom stereocenters. The second kappa shape index (κ2) is 49.7. The van der Waals surface area contributed by atoms with E-state index in [9.17, 15) is 9.90 Å². The zero-order valence-corrected chi connectivity index (χ0v) is 37.6. The molecule has 0 aromatic carbocycles. The summed E-state index contributed by atoms with van der Waals surface area (Å²) in [4.78, 5) is 12.2. The fraction of sp³-hybridized carbons (Fsp3) is 0.717. The van der Waals surface area contributed by atoms with Gasteiger partial charge < -0.3 is 14.6 Å². The van der Waals surface area contributed by atoms with E-state index in [-0.39, 0.29) is 19.2 Å². The Hall–Kier alpha value is -2.43. The SMILES string of the molecule is CC/C=C\C/C=C\C/C=C\C/C=C\C/C=C\C/C=C\CCCCCCC(=O)OC(CO)COCCCCCCCCCCCC/C=C\CCCCCCCCCC. The van der Waals surface area contributed by atoms with Gasteiger partial charge in [-0.3, -0.25) is 4.79 Å². The molecule has 0 saturated heterocycles. The average Bonchev–Trinajstić information content (AvgIpc) is 3.22. The maximum Gasteiger partial charge on any atom is 0.306 e. The van der Waals surface area contributed by atoms with Crippen LogP contribution in [-0.4, -0.2) is 37.0 Å². The topological polar surface area (TPSA) is 55.8 Å². The highest BCUT2D eigenvalue weighted by atomic mass is 16.6. The summed E-state index contributed by atoms with van der Waals surface area (Å²) in [5.41, 5.74) is 0. The monoisotopic (exact) mass is 793 g/mol. The van der Waals surface area contributed by atoms with E-state index < -0.39 is 6.10 Å². The van der Waals surface area contributed by atoms with Gasteiger partial charge in [-0.2, -0.15) is 0 Å². The highest BCUT2D eigenvalue weighted by Gasteiger charge is 2.13. The van der Waals surface area contributed by atoms with Crippen molar-refractivity contribution in [2.45, 2.75) is 225 Å². The Bertz CT molecular complexity index is 1020. The number of carbonyl (C=O) groups is 1. The van der Waals surface area contributed by atoms with Crippen LogP contribution in [0.4, 0.5) is 0 Å². The van der Waals surface area contributed by atoms with E-state index >= 15 is 0 Å². The molecule has 0 heterocycles. The first-order valence-corrected chi connectivity index (χ1v) is 24.2. The van der Waals surface area contributed by atoms with E-state index in [1.54, 1.807) is 0 Å². The molecule has 0 saturated carbocycles. The fourth-order valence-electron chi connectivity index (χ4n) is 6.62. The Morgan fingerprint density at radius 2 is 0.789 bits per heavy atom. The molecule has 0 aromatic heterocycles. The van der Waals surface area contributed by atoms with Gasteiger partial charge in [0.25, 0.3) is 0 Å². The van der Waals surface area contributed by atoms with Crippen molar-refractivity contribution in [2.24, 2.45) is 0 Å². The number of aliphatic hydroxyl groups excluding tert-OH is 1. The van der Waals surface area contributed by atoms with Crippen LogP contribution in [0.15, 0.2) is 85.1 Å². The molecular weight excluding hydrogens is 701 g/mol. The van der Waals surface area contributed by atoms with E-state index in [2.05, 4.69) is 98.9 Å². The van der Waals surface area contributed by atoms with E-state index in [1.807, 2.05) is 0 Å². The van der Waals surface area contributed by atoms with Crippen molar-refractivity contribution in [2.75, 3.05) is 19.8 Å².